The normalized spacial score (nSPS) is 12.8. The minimum Gasteiger partial charge on any atom is -0.465 e. The molecule has 48 heavy (non-hydrogen) atoms. The molecule has 0 aliphatic rings. The Morgan fingerprint density at radius 2 is 0.833 bits per heavy atom. The van der Waals surface area contributed by atoms with Crippen LogP contribution in [0.25, 0.3) is 0 Å². The summed E-state index contributed by atoms with van der Waals surface area (Å²) in [7, 11) is 0. The fraction of sp³-hybridized carbons (Fsp3) is 0.864. The largest absolute Gasteiger partial charge is 0.465 e. The van der Waals surface area contributed by atoms with Crippen molar-refractivity contribution in [2.24, 2.45) is 11.3 Å². The number of allylic oxidation sites excluding steroid dienone is 4. The first-order valence-corrected chi connectivity index (χ1v) is 20.9. The third-order valence-electron chi connectivity index (χ3n) is 9.52. The molecule has 0 aromatic heterocycles. The van der Waals surface area contributed by atoms with Gasteiger partial charge in [-0.25, -0.2) is 0 Å². The number of rotatable bonds is 35. The molecule has 1 atom stereocenters. The van der Waals surface area contributed by atoms with Crippen molar-refractivity contribution >= 4 is 11.9 Å². The second-order valence-electron chi connectivity index (χ2n) is 15.5. The maximum Gasteiger partial charge on any atom is 0.306 e. The first-order valence-electron chi connectivity index (χ1n) is 20.9. The summed E-state index contributed by atoms with van der Waals surface area (Å²) in [6.45, 7) is 13.1. The number of carbonyl (C=O) groups excluding carboxylic acids is 2. The lowest BCUT2D eigenvalue weighted by Gasteiger charge is -2.36. The minimum absolute atomic E-state index is 0.126. The summed E-state index contributed by atoms with van der Waals surface area (Å²) in [4.78, 5) is 25.2. The SMILES string of the molecule is CCCCCCCCC=CCCCCCCCC(=O)OCC(C)(C)C(OC(=O)CCCCCCCC=CCCCCCCCC)C(C)C. The Hall–Kier alpha value is -1.58. The smallest absolute Gasteiger partial charge is 0.306 e. The summed E-state index contributed by atoms with van der Waals surface area (Å²) in [5.74, 6) is -0.107. The van der Waals surface area contributed by atoms with Crippen LogP contribution < -0.4 is 0 Å². The first-order chi connectivity index (χ1) is 23.2. The minimum atomic E-state index is -0.426. The van der Waals surface area contributed by atoms with Crippen LogP contribution in [0.15, 0.2) is 24.3 Å². The zero-order valence-corrected chi connectivity index (χ0v) is 33.1. The Kier molecular flexibility index (Phi) is 32.8. The van der Waals surface area contributed by atoms with Gasteiger partial charge in [-0.05, 0) is 70.1 Å². The standard InChI is InChI=1S/C44H82O4/c1-7-9-11-13-15-17-19-21-23-25-27-29-31-33-35-37-41(45)47-39-44(5,6)43(40(3)4)48-42(46)38-36-34-32-30-28-26-24-22-20-18-16-14-12-10-8-2/h21-24,40,43H,7-20,25-39H2,1-6H3. The molecule has 0 aliphatic carbocycles. The molecule has 4 heteroatoms. The van der Waals surface area contributed by atoms with E-state index in [-0.39, 0.29) is 30.6 Å². The molecule has 0 heterocycles. The molecule has 0 saturated heterocycles. The van der Waals surface area contributed by atoms with Crippen LogP contribution in [-0.2, 0) is 19.1 Å². The third kappa shape index (κ3) is 30.5. The first kappa shape index (κ1) is 46.4. The second kappa shape index (κ2) is 33.9. The topological polar surface area (TPSA) is 52.6 Å². The fourth-order valence-corrected chi connectivity index (χ4v) is 6.50. The van der Waals surface area contributed by atoms with Crippen LogP contribution in [0, 0.1) is 11.3 Å². The van der Waals surface area contributed by atoms with E-state index >= 15 is 0 Å². The maximum atomic E-state index is 12.7. The molecule has 282 valence electrons. The highest BCUT2D eigenvalue weighted by atomic mass is 16.6. The predicted molar refractivity (Wildman–Crippen MR) is 208 cm³/mol. The van der Waals surface area contributed by atoms with Crippen LogP contribution in [0.4, 0.5) is 0 Å². The molecule has 0 saturated carbocycles. The summed E-state index contributed by atoms with van der Waals surface area (Å²) in [6, 6.07) is 0. The summed E-state index contributed by atoms with van der Waals surface area (Å²) in [5.41, 5.74) is -0.426. The van der Waals surface area contributed by atoms with Gasteiger partial charge in [-0.1, -0.05) is 169 Å². The number of ether oxygens (including phenoxy) is 2. The highest BCUT2D eigenvalue weighted by molar-refractivity contribution is 5.70. The lowest BCUT2D eigenvalue weighted by atomic mass is 9.81. The molecular weight excluding hydrogens is 592 g/mol. The molecule has 0 amide bonds. The molecule has 0 bridgehead atoms. The number of hydrogen-bond acceptors (Lipinski definition) is 4. The molecule has 0 radical (unpaired) electrons. The van der Waals surface area contributed by atoms with Gasteiger partial charge in [-0.15, -0.1) is 0 Å². The second-order valence-corrected chi connectivity index (χ2v) is 15.5. The number of esters is 2. The number of hydrogen-bond donors (Lipinski definition) is 0. The summed E-state index contributed by atoms with van der Waals surface area (Å²) < 4.78 is 11.7. The molecule has 0 N–H and O–H groups in total. The van der Waals surface area contributed by atoms with E-state index in [9.17, 15) is 9.59 Å². The van der Waals surface area contributed by atoms with Gasteiger partial charge in [0.05, 0.1) is 6.61 Å². The van der Waals surface area contributed by atoms with Crippen molar-refractivity contribution in [2.45, 2.75) is 227 Å². The zero-order valence-electron chi connectivity index (χ0n) is 33.1. The molecule has 1 unspecified atom stereocenters. The predicted octanol–water partition coefficient (Wildman–Crippen LogP) is 14.2. The van der Waals surface area contributed by atoms with E-state index in [0.717, 1.165) is 25.7 Å². The Morgan fingerprint density at radius 1 is 0.500 bits per heavy atom. The summed E-state index contributed by atoms with van der Waals surface area (Å²) in [6.07, 6.45) is 42.4. The van der Waals surface area contributed by atoms with Crippen LogP contribution in [-0.4, -0.2) is 24.6 Å². The van der Waals surface area contributed by atoms with Crippen LogP contribution in [0.2, 0.25) is 0 Å². The molecule has 0 aromatic carbocycles. The third-order valence-corrected chi connectivity index (χ3v) is 9.52. The van der Waals surface area contributed by atoms with E-state index in [0.29, 0.717) is 12.8 Å². The van der Waals surface area contributed by atoms with E-state index in [2.05, 4.69) is 52.0 Å². The van der Waals surface area contributed by atoms with Gasteiger partial charge in [0.1, 0.15) is 6.10 Å². The number of unbranched alkanes of at least 4 members (excludes halogenated alkanes) is 22. The van der Waals surface area contributed by atoms with E-state index in [4.69, 9.17) is 9.47 Å². The van der Waals surface area contributed by atoms with Crippen LogP contribution >= 0.6 is 0 Å². The van der Waals surface area contributed by atoms with Gasteiger partial charge in [-0.2, -0.15) is 0 Å². The van der Waals surface area contributed by atoms with Gasteiger partial charge in [0.25, 0.3) is 0 Å². The average Bonchev–Trinajstić information content (AvgIpc) is 3.06. The van der Waals surface area contributed by atoms with Crippen molar-refractivity contribution in [1.82, 2.24) is 0 Å². The quantitative estimate of drug-likeness (QED) is 0.0381. The average molecular weight is 675 g/mol. The molecule has 0 aromatic rings. The molecule has 0 fully saturated rings. The van der Waals surface area contributed by atoms with Crippen LogP contribution in [0.5, 0.6) is 0 Å². The van der Waals surface area contributed by atoms with E-state index in [1.807, 2.05) is 13.8 Å². The van der Waals surface area contributed by atoms with E-state index in [1.165, 1.54) is 141 Å². The Balaban J connectivity index is 3.94. The summed E-state index contributed by atoms with van der Waals surface area (Å²) in [5, 5.41) is 0. The van der Waals surface area contributed by atoms with Crippen molar-refractivity contribution in [3.63, 3.8) is 0 Å². The van der Waals surface area contributed by atoms with Gasteiger partial charge in [0, 0.05) is 18.3 Å². The van der Waals surface area contributed by atoms with Crippen molar-refractivity contribution in [3.05, 3.63) is 24.3 Å². The zero-order chi connectivity index (χ0) is 35.6. The lowest BCUT2D eigenvalue weighted by molar-refractivity contribution is -0.165. The maximum absolute atomic E-state index is 12.7. The van der Waals surface area contributed by atoms with E-state index < -0.39 is 5.41 Å². The molecular formula is C44H82O4. The van der Waals surface area contributed by atoms with E-state index in [1.54, 1.807) is 0 Å². The van der Waals surface area contributed by atoms with Gasteiger partial charge < -0.3 is 9.47 Å². The van der Waals surface area contributed by atoms with Gasteiger partial charge >= 0.3 is 11.9 Å². The number of carbonyl (C=O) groups is 2. The van der Waals surface area contributed by atoms with Crippen LogP contribution in [0.3, 0.4) is 0 Å². The Bertz CT molecular complexity index is 781. The fourth-order valence-electron chi connectivity index (χ4n) is 6.50. The van der Waals surface area contributed by atoms with Crippen LogP contribution in [0.1, 0.15) is 221 Å². The molecule has 0 spiro atoms. The Morgan fingerprint density at radius 3 is 1.21 bits per heavy atom. The van der Waals surface area contributed by atoms with Crippen molar-refractivity contribution in [3.8, 4) is 0 Å². The summed E-state index contributed by atoms with van der Waals surface area (Å²) >= 11 is 0. The van der Waals surface area contributed by atoms with Crippen molar-refractivity contribution in [1.29, 1.82) is 0 Å². The highest BCUT2D eigenvalue weighted by Crippen LogP contribution is 2.30. The lowest BCUT2D eigenvalue weighted by Crippen LogP contribution is -2.41. The van der Waals surface area contributed by atoms with Gasteiger partial charge in [0.2, 0.25) is 0 Å². The van der Waals surface area contributed by atoms with Gasteiger partial charge in [-0.3, -0.25) is 9.59 Å². The molecule has 0 aliphatic heterocycles. The molecule has 0 rings (SSSR count). The Labute approximate surface area is 300 Å². The highest BCUT2D eigenvalue weighted by Gasteiger charge is 2.36. The van der Waals surface area contributed by atoms with Crippen molar-refractivity contribution in [2.75, 3.05) is 6.61 Å². The van der Waals surface area contributed by atoms with Gasteiger partial charge in [0.15, 0.2) is 0 Å². The molecule has 4 nitrogen and oxygen atoms in total. The monoisotopic (exact) mass is 675 g/mol. The van der Waals surface area contributed by atoms with Crippen molar-refractivity contribution < 1.29 is 19.1 Å².